The average Bonchev–Trinajstić information content (AvgIpc) is 2.36. The number of aliphatic hydroxyl groups excluding tert-OH is 1. The highest BCUT2D eigenvalue weighted by molar-refractivity contribution is 7.98. The molecule has 1 nitrogen and oxygen atoms in total. The zero-order chi connectivity index (χ0) is 13.0. The van der Waals surface area contributed by atoms with Gasteiger partial charge in [0.05, 0.1) is 6.61 Å². The van der Waals surface area contributed by atoms with E-state index >= 15 is 0 Å². The molecule has 0 aliphatic heterocycles. The number of hydrogen-bond donors (Lipinski definition) is 1. The SMILES string of the molecule is Cc1cccc(CSc2cccc(F)c2CO)c1. The Morgan fingerprint density at radius 2 is 1.94 bits per heavy atom. The van der Waals surface area contributed by atoms with E-state index in [0.29, 0.717) is 5.56 Å². The highest BCUT2D eigenvalue weighted by atomic mass is 32.2. The molecule has 0 aliphatic carbocycles. The lowest BCUT2D eigenvalue weighted by molar-refractivity contribution is 0.272. The van der Waals surface area contributed by atoms with Gasteiger partial charge in [-0.1, -0.05) is 35.9 Å². The second-order valence-electron chi connectivity index (χ2n) is 4.15. The summed E-state index contributed by atoms with van der Waals surface area (Å²) in [5, 5.41) is 9.19. The van der Waals surface area contributed by atoms with Crippen molar-refractivity contribution >= 4 is 11.8 Å². The highest BCUT2D eigenvalue weighted by Gasteiger charge is 2.07. The fourth-order valence-corrected chi connectivity index (χ4v) is 2.80. The monoisotopic (exact) mass is 262 g/mol. The molecule has 0 bridgehead atoms. The Morgan fingerprint density at radius 3 is 2.67 bits per heavy atom. The van der Waals surface area contributed by atoms with Gasteiger partial charge in [0.2, 0.25) is 0 Å². The summed E-state index contributed by atoms with van der Waals surface area (Å²) in [5.41, 5.74) is 2.80. The van der Waals surface area contributed by atoms with Crippen LogP contribution in [0.4, 0.5) is 4.39 Å². The zero-order valence-corrected chi connectivity index (χ0v) is 11.0. The lowest BCUT2D eigenvalue weighted by Gasteiger charge is -2.08. The molecule has 0 aromatic heterocycles. The van der Waals surface area contributed by atoms with Crippen molar-refractivity contribution in [2.24, 2.45) is 0 Å². The molecule has 0 aliphatic rings. The van der Waals surface area contributed by atoms with Crippen LogP contribution in [-0.2, 0) is 12.4 Å². The number of rotatable bonds is 4. The third-order valence-electron chi connectivity index (χ3n) is 2.71. The fraction of sp³-hybridized carbons (Fsp3) is 0.200. The Hall–Kier alpha value is -1.32. The number of halogens is 1. The van der Waals surface area contributed by atoms with Crippen LogP contribution in [0.15, 0.2) is 47.4 Å². The van der Waals surface area contributed by atoms with E-state index in [0.717, 1.165) is 10.6 Å². The van der Waals surface area contributed by atoms with E-state index in [9.17, 15) is 9.50 Å². The van der Waals surface area contributed by atoms with Crippen molar-refractivity contribution in [1.29, 1.82) is 0 Å². The summed E-state index contributed by atoms with van der Waals surface area (Å²) in [6.07, 6.45) is 0. The summed E-state index contributed by atoms with van der Waals surface area (Å²) in [6, 6.07) is 13.1. The van der Waals surface area contributed by atoms with Crippen LogP contribution < -0.4 is 0 Å². The number of benzene rings is 2. The standard InChI is InChI=1S/C15H15FOS/c1-11-4-2-5-12(8-11)10-18-15-7-3-6-14(16)13(15)9-17/h2-8,17H,9-10H2,1H3. The quantitative estimate of drug-likeness (QED) is 0.843. The molecular weight excluding hydrogens is 247 g/mol. The normalized spacial score (nSPS) is 10.6. The van der Waals surface area contributed by atoms with Gasteiger partial charge in [-0.05, 0) is 24.6 Å². The molecular formula is C15H15FOS. The molecule has 2 aromatic rings. The van der Waals surface area contributed by atoms with Gasteiger partial charge in [0.15, 0.2) is 0 Å². The first-order valence-electron chi connectivity index (χ1n) is 5.77. The first-order chi connectivity index (χ1) is 8.70. The van der Waals surface area contributed by atoms with Gasteiger partial charge in [-0.2, -0.15) is 0 Å². The van der Waals surface area contributed by atoms with E-state index < -0.39 is 0 Å². The molecule has 0 saturated heterocycles. The Balaban J connectivity index is 2.13. The van der Waals surface area contributed by atoms with Gasteiger partial charge in [-0.3, -0.25) is 0 Å². The van der Waals surface area contributed by atoms with Gasteiger partial charge < -0.3 is 5.11 Å². The minimum Gasteiger partial charge on any atom is -0.392 e. The average molecular weight is 262 g/mol. The molecule has 0 saturated carbocycles. The molecule has 0 heterocycles. The lowest BCUT2D eigenvalue weighted by Crippen LogP contribution is -1.93. The fourth-order valence-electron chi connectivity index (χ4n) is 1.79. The zero-order valence-electron chi connectivity index (χ0n) is 10.2. The Bertz CT molecular complexity index is 540. The summed E-state index contributed by atoms with van der Waals surface area (Å²) in [7, 11) is 0. The van der Waals surface area contributed by atoms with Gasteiger partial charge >= 0.3 is 0 Å². The maximum Gasteiger partial charge on any atom is 0.129 e. The van der Waals surface area contributed by atoms with Crippen molar-refractivity contribution in [1.82, 2.24) is 0 Å². The van der Waals surface area contributed by atoms with Crippen molar-refractivity contribution in [3.05, 3.63) is 65.0 Å². The van der Waals surface area contributed by atoms with E-state index in [1.54, 1.807) is 17.8 Å². The van der Waals surface area contributed by atoms with E-state index in [-0.39, 0.29) is 12.4 Å². The van der Waals surface area contributed by atoms with Crippen molar-refractivity contribution in [2.45, 2.75) is 24.2 Å². The molecule has 0 spiro atoms. The molecule has 0 radical (unpaired) electrons. The molecule has 0 fully saturated rings. The summed E-state index contributed by atoms with van der Waals surface area (Å²) in [4.78, 5) is 0.805. The molecule has 0 unspecified atom stereocenters. The van der Waals surface area contributed by atoms with Crippen LogP contribution in [0, 0.1) is 12.7 Å². The topological polar surface area (TPSA) is 20.2 Å². The van der Waals surface area contributed by atoms with Crippen LogP contribution in [-0.4, -0.2) is 5.11 Å². The first kappa shape index (κ1) is 13.1. The Kier molecular flexibility index (Phi) is 4.39. The van der Waals surface area contributed by atoms with Crippen LogP contribution in [0.2, 0.25) is 0 Å². The highest BCUT2D eigenvalue weighted by Crippen LogP contribution is 2.28. The van der Waals surface area contributed by atoms with E-state index in [1.165, 1.54) is 17.2 Å². The lowest BCUT2D eigenvalue weighted by atomic mass is 10.2. The van der Waals surface area contributed by atoms with Gasteiger partial charge in [-0.25, -0.2) is 4.39 Å². The van der Waals surface area contributed by atoms with Crippen LogP contribution in [0.25, 0.3) is 0 Å². The van der Waals surface area contributed by atoms with Crippen LogP contribution >= 0.6 is 11.8 Å². The molecule has 94 valence electrons. The predicted molar refractivity (Wildman–Crippen MR) is 73.1 cm³/mol. The van der Waals surface area contributed by atoms with Crippen molar-refractivity contribution in [2.75, 3.05) is 0 Å². The number of aliphatic hydroxyl groups is 1. The van der Waals surface area contributed by atoms with Gasteiger partial charge in [0.25, 0.3) is 0 Å². The molecule has 2 rings (SSSR count). The number of aryl methyl sites for hydroxylation is 1. The predicted octanol–water partition coefficient (Wildman–Crippen LogP) is 3.92. The van der Waals surface area contributed by atoms with Crippen LogP contribution in [0.3, 0.4) is 0 Å². The minimum atomic E-state index is -0.341. The van der Waals surface area contributed by atoms with Crippen molar-refractivity contribution in [3.63, 3.8) is 0 Å². The maximum atomic E-state index is 13.5. The smallest absolute Gasteiger partial charge is 0.129 e. The molecule has 1 N–H and O–H groups in total. The van der Waals surface area contributed by atoms with Gasteiger partial charge in [0, 0.05) is 16.2 Å². The van der Waals surface area contributed by atoms with E-state index in [4.69, 9.17) is 0 Å². The summed E-state index contributed by atoms with van der Waals surface area (Å²) in [6.45, 7) is 1.79. The molecule has 2 aromatic carbocycles. The molecule has 0 amide bonds. The Morgan fingerprint density at radius 1 is 1.17 bits per heavy atom. The summed E-state index contributed by atoms with van der Waals surface area (Å²) in [5.74, 6) is 0.435. The van der Waals surface area contributed by atoms with Gasteiger partial charge in [0.1, 0.15) is 5.82 Å². The molecule has 18 heavy (non-hydrogen) atoms. The second-order valence-corrected chi connectivity index (χ2v) is 5.17. The second kappa shape index (κ2) is 6.03. The molecule has 0 atom stereocenters. The van der Waals surface area contributed by atoms with Crippen LogP contribution in [0.1, 0.15) is 16.7 Å². The van der Waals surface area contributed by atoms with Gasteiger partial charge in [-0.15, -0.1) is 11.8 Å². The third kappa shape index (κ3) is 3.12. The van der Waals surface area contributed by atoms with Crippen molar-refractivity contribution in [3.8, 4) is 0 Å². The number of hydrogen-bond acceptors (Lipinski definition) is 2. The summed E-state index contributed by atoms with van der Waals surface area (Å²) >= 11 is 1.55. The summed E-state index contributed by atoms with van der Waals surface area (Å²) < 4.78 is 13.5. The maximum absolute atomic E-state index is 13.5. The van der Waals surface area contributed by atoms with Crippen molar-refractivity contribution < 1.29 is 9.50 Å². The van der Waals surface area contributed by atoms with E-state index in [2.05, 4.69) is 25.1 Å². The first-order valence-corrected chi connectivity index (χ1v) is 6.76. The molecule has 3 heteroatoms. The third-order valence-corrected chi connectivity index (χ3v) is 3.88. The van der Waals surface area contributed by atoms with Crippen LogP contribution in [0.5, 0.6) is 0 Å². The largest absolute Gasteiger partial charge is 0.392 e. The van der Waals surface area contributed by atoms with E-state index in [1.807, 2.05) is 12.1 Å². The Labute approximate surface area is 111 Å². The number of thioether (sulfide) groups is 1. The minimum absolute atomic E-state index is 0.261.